The van der Waals surface area contributed by atoms with Crippen molar-refractivity contribution in [2.24, 2.45) is 5.84 Å². The minimum absolute atomic E-state index is 0.0147. The lowest BCUT2D eigenvalue weighted by molar-refractivity contribution is -0.383. The smallest absolute Gasteiger partial charge is 0.306 e. The van der Waals surface area contributed by atoms with Gasteiger partial charge in [0.1, 0.15) is 4.21 Å². The van der Waals surface area contributed by atoms with Crippen molar-refractivity contribution in [3.63, 3.8) is 0 Å². The van der Waals surface area contributed by atoms with Crippen LogP contribution in [0.4, 0.5) is 10.7 Å². The molecule has 1 atom stereocenters. The van der Waals surface area contributed by atoms with Gasteiger partial charge in [0.05, 0.1) is 11.5 Å². The second-order valence-corrected chi connectivity index (χ2v) is 7.24. The number of anilines is 1. The molecule has 0 saturated heterocycles. The van der Waals surface area contributed by atoms with Crippen LogP contribution in [-0.2, 0) is 14.8 Å². The predicted octanol–water partition coefficient (Wildman–Crippen LogP) is 1.04. The Balaban J connectivity index is 3.04. The third-order valence-corrected chi connectivity index (χ3v) is 5.66. The maximum atomic E-state index is 12.2. The summed E-state index contributed by atoms with van der Waals surface area (Å²) in [5.41, 5.74) is 1.76. The van der Waals surface area contributed by atoms with Crippen LogP contribution in [-0.4, -0.2) is 33.1 Å². The summed E-state index contributed by atoms with van der Waals surface area (Å²) in [6, 6.07) is 0.596. The van der Waals surface area contributed by atoms with Crippen LogP contribution in [0.2, 0.25) is 0 Å². The molecule has 0 radical (unpaired) electrons. The standard InChI is InChI=1S/C10H18N4O5S2/c1-3-4-7(6-19-2)13-21(17,18)9-5-8(14(15)16)10(12-11)20-9/h5,7,12-13H,3-4,6,11H2,1-2H3. The van der Waals surface area contributed by atoms with E-state index in [0.29, 0.717) is 17.8 Å². The summed E-state index contributed by atoms with van der Waals surface area (Å²) < 4.78 is 31.8. The zero-order chi connectivity index (χ0) is 16.0. The number of thiophene rings is 1. The van der Waals surface area contributed by atoms with Crippen LogP contribution in [0.1, 0.15) is 19.8 Å². The third-order valence-electron chi connectivity index (χ3n) is 2.61. The zero-order valence-corrected chi connectivity index (χ0v) is 13.3. The molecule has 1 aromatic heterocycles. The Morgan fingerprint density at radius 2 is 2.24 bits per heavy atom. The molecule has 4 N–H and O–H groups in total. The molecule has 1 heterocycles. The first-order valence-electron chi connectivity index (χ1n) is 6.11. The molecule has 0 bridgehead atoms. The van der Waals surface area contributed by atoms with Gasteiger partial charge in [-0.15, -0.1) is 0 Å². The Labute approximate surface area is 126 Å². The number of nitrogens with two attached hydrogens (primary N) is 1. The fraction of sp³-hybridized carbons (Fsp3) is 0.600. The number of sulfonamides is 1. The van der Waals surface area contributed by atoms with Crippen molar-refractivity contribution >= 4 is 32.0 Å². The first kappa shape index (κ1) is 17.8. The summed E-state index contributed by atoms with van der Waals surface area (Å²) in [5, 5.41) is 10.8. The van der Waals surface area contributed by atoms with Crippen LogP contribution >= 0.6 is 11.3 Å². The summed E-state index contributed by atoms with van der Waals surface area (Å²) in [7, 11) is -2.39. The number of hydrogen-bond acceptors (Lipinski definition) is 8. The minimum Gasteiger partial charge on any atom is -0.383 e. The van der Waals surface area contributed by atoms with E-state index in [1.54, 1.807) is 0 Å². The number of nitrogens with zero attached hydrogens (tertiary/aromatic N) is 1. The van der Waals surface area contributed by atoms with E-state index >= 15 is 0 Å². The highest BCUT2D eigenvalue weighted by Crippen LogP contribution is 2.36. The Morgan fingerprint density at radius 3 is 2.67 bits per heavy atom. The van der Waals surface area contributed by atoms with Crippen molar-refractivity contribution in [1.82, 2.24) is 4.72 Å². The number of nitrogen functional groups attached to an aromatic ring is 1. The molecule has 21 heavy (non-hydrogen) atoms. The lowest BCUT2D eigenvalue weighted by atomic mass is 10.2. The van der Waals surface area contributed by atoms with E-state index in [1.165, 1.54) is 7.11 Å². The second kappa shape index (κ2) is 7.66. The molecule has 1 aromatic rings. The van der Waals surface area contributed by atoms with Gasteiger partial charge < -0.3 is 10.2 Å². The molecule has 0 saturated carbocycles. The topological polar surface area (TPSA) is 137 Å². The van der Waals surface area contributed by atoms with Gasteiger partial charge in [0.15, 0.2) is 5.00 Å². The Bertz CT molecular complexity index is 580. The Morgan fingerprint density at radius 1 is 1.57 bits per heavy atom. The molecule has 0 aliphatic heterocycles. The van der Waals surface area contributed by atoms with E-state index in [-0.39, 0.29) is 27.5 Å². The number of hydrazine groups is 1. The van der Waals surface area contributed by atoms with Crippen molar-refractivity contribution < 1.29 is 18.1 Å². The van der Waals surface area contributed by atoms with Crippen molar-refractivity contribution in [2.45, 2.75) is 30.0 Å². The van der Waals surface area contributed by atoms with Gasteiger partial charge in [0.25, 0.3) is 10.0 Å². The summed E-state index contributed by atoms with van der Waals surface area (Å²) in [6.07, 6.45) is 1.37. The van der Waals surface area contributed by atoms with Crippen LogP contribution in [0.15, 0.2) is 10.3 Å². The Hall–Kier alpha value is -1.27. The van der Waals surface area contributed by atoms with E-state index < -0.39 is 14.9 Å². The number of methoxy groups -OCH3 is 1. The first-order valence-corrected chi connectivity index (χ1v) is 8.41. The van der Waals surface area contributed by atoms with E-state index in [0.717, 1.165) is 12.5 Å². The maximum absolute atomic E-state index is 12.2. The number of rotatable bonds is 9. The van der Waals surface area contributed by atoms with Gasteiger partial charge in [-0.2, -0.15) is 0 Å². The molecule has 9 nitrogen and oxygen atoms in total. The van der Waals surface area contributed by atoms with E-state index in [2.05, 4.69) is 10.1 Å². The normalized spacial score (nSPS) is 13.1. The Kier molecular flexibility index (Phi) is 6.48. The van der Waals surface area contributed by atoms with Crippen LogP contribution in [0.25, 0.3) is 0 Å². The van der Waals surface area contributed by atoms with Crippen molar-refractivity contribution in [3.05, 3.63) is 16.2 Å². The third kappa shape index (κ3) is 4.61. The average molecular weight is 338 g/mol. The largest absolute Gasteiger partial charge is 0.383 e. The fourth-order valence-electron chi connectivity index (χ4n) is 1.73. The maximum Gasteiger partial charge on any atom is 0.306 e. The number of nitrogens with one attached hydrogen (secondary N) is 2. The average Bonchev–Trinajstić information content (AvgIpc) is 2.84. The molecular weight excluding hydrogens is 320 g/mol. The summed E-state index contributed by atoms with van der Waals surface area (Å²) in [5.74, 6) is 5.16. The van der Waals surface area contributed by atoms with Gasteiger partial charge in [-0.25, -0.2) is 19.0 Å². The molecule has 0 spiro atoms. The monoisotopic (exact) mass is 338 g/mol. The molecular formula is C10H18N4O5S2. The molecule has 0 aliphatic rings. The molecule has 1 unspecified atom stereocenters. The van der Waals surface area contributed by atoms with Gasteiger partial charge in [-0.05, 0) is 6.42 Å². The second-order valence-electron chi connectivity index (χ2n) is 4.24. The predicted molar refractivity (Wildman–Crippen MR) is 79.7 cm³/mol. The van der Waals surface area contributed by atoms with Crippen LogP contribution in [0, 0.1) is 10.1 Å². The van der Waals surface area contributed by atoms with Crippen LogP contribution < -0.4 is 16.0 Å². The van der Waals surface area contributed by atoms with E-state index in [1.807, 2.05) is 6.92 Å². The molecule has 0 fully saturated rings. The number of ether oxygens (including phenoxy) is 1. The van der Waals surface area contributed by atoms with Crippen molar-refractivity contribution in [2.75, 3.05) is 19.1 Å². The highest BCUT2D eigenvalue weighted by Gasteiger charge is 2.27. The van der Waals surface area contributed by atoms with Crippen LogP contribution in [0.5, 0.6) is 0 Å². The zero-order valence-electron chi connectivity index (χ0n) is 11.7. The molecule has 120 valence electrons. The van der Waals surface area contributed by atoms with Crippen molar-refractivity contribution in [3.8, 4) is 0 Å². The number of nitro groups is 1. The summed E-state index contributed by atoms with van der Waals surface area (Å²) >= 11 is 0.704. The first-order chi connectivity index (χ1) is 9.85. The number of hydrogen-bond donors (Lipinski definition) is 3. The highest BCUT2D eigenvalue weighted by molar-refractivity contribution is 7.91. The minimum atomic E-state index is -3.86. The molecule has 0 aromatic carbocycles. The van der Waals surface area contributed by atoms with Gasteiger partial charge in [-0.1, -0.05) is 24.7 Å². The van der Waals surface area contributed by atoms with Gasteiger partial charge in [0.2, 0.25) is 0 Å². The summed E-state index contributed by atoms with van der Waals surface area (Å²) in [4.78, 5) is 10.1. The van der Waals surface area contributed by atoms with Gasteiger partial charge in [0, 0.05) is 19.2 Å². The van der Waals surface area contributed by atoms with E-state index in [9.17, 15) is 18.5 Å². The van der Waals surface area contributed by atoms with Crippen LogP contribution in [0.3, 0.4) is 0 Å². The van der Waals surface area contributed by atoms with Crippen molar-refractivity contribution in [1.29, 1.82) is 0 Å². The van der Waals surface area contributed by atoms with Gasteiger partial charge >= 0.3 is 5.69 Å². The molecule has 1 rings (SSSR count). The highest BCUT2D eigenvalue weighted by atomic mass is 32.2. The molecule has 0 aliphatic carbocycles. The van der Waals surface area contributed by atoms with E-state index in [4.69, 9.17) is 10.6 Å². The lowest BCUT2D eigenvalue weighted by Crippen LogP contribution is -2.37. The molecule has 11 heteroatoms. The SMILES string of the molecule is CCCC(COC)NS(=O)(=O)c1cc([N+](=O)[O-])c(NN)s1. The summed E-state index contributed by atoms with van der Waals surface area (Å²) in [6.45, 7) is 2.14. The molecule has 0 amide bonds. The lowest BCUT2D eigenvalue weighted by Gasteiger charge is -2.16. The quantitative estimate of drug-likeness (QED) is 0.347. The fourth-order valence-corrected chi connectivity index (χ4v) is 4.24. The van der Waals surface area contributed by atoms with Gasteiger partial charge in [-0.3, -0.25) is 10.1 Å².